The van der Waals surface area contributed by atoms with Crippen LogP contribution in [0.3, 0.4) is 0 Å². The maximum absolute atomic E-state index is 14.2. The Bertz CT molecular complexity index is 858. The van der Waals surface area contributed by atoms with Gasteiger partial charge in [-0.2, -0.15) is 0 Å². The molecule has 3 aromatic rings. The van der Waals surface area contributed by atoms with Crippen LogP contribution in [0.1, 0.15) is 18.4 Å². The summed E-state index contributed by atoms with van der Waals surface area (Å²) in [6.07, 6.45) is 4.51. The van der Waals surface area contributed by atoms with Crippen molar-refractivity contribution in [1.29, 1.82) is 0 Å². The highest BCUT2D eigenvalue weighted by atomic mass is 32.2. The number of unbranched alkanes of at least 4 members (excludes halogenated alkanes) is 1. The fourth-order valence-corrected chi connectivity index (χ4v) is 3.67. The number of aromatic amines is 1. The van der Waals surface area contributed by atoms with Crippen molar-refractivity contribution in [3.8, 4) is 11.3 Å². The molecule has 3 N–H and O–H groups in total. The predicted octanol–water partition coefficient (Wildman–Crippen LogP) is 5.12. The van der Waals surface area contributed by atoms with Crippen LogP contribution in [0.25, 0.3) is 22.2 Å². The highest BCUT2D eigenvalue weighted by Gasteiger charge is 2.18. The van der Waals surface area contributed by atoms with Gasteiger partial charge in [0.25, 0.3) is 0 Å². The molecule has 1 aromatic heterocycles. The van der Waals surface area contributed by atoms with E-state index in [0.717, 1.165) is 47.0 Å². The molecular formula is C19H20F2N2S. The highest BCUT2D eigenvalue weighted by molar-refractivity contribution is 7.98. The number of H-pyrrole nitrogens is 1. The number of fused-ring (bicyclic) bond motifs is 1. The molecule has 0 spiro atoms. The van der Waals surface area contributed by atoms with E-state index in [1.807, 2.05) is 30.5 Å². The van der Waals surface area contributed by atoms with E-state index in [1.165, 1.54) is 6.07 Å². The lowest BCUT2D eigenvalue weighted by Crippen LogP contribution is -1.99. The van der Waals surface area contributed by atoms with Crippen molar-refractivity contribution >= 4 is 22.7 Å². The minimum Gasteiger partial charge on any atom is -0.352 e. The van der Waals surface area contributed by atoms with Gasteiger partial charge >= 0.3 is 0 Å². The second-order valence-corrected chi connectivity index (χ2v) is 6.58. The minimum atomic E-state index is -0.557. The summed E-state index contributed by atoms with van der Waals surface area (Å²) >= 11 is 1.64. The van der Waals surface area contributed by atoms with E-state index in [4.69, 9.17) is 5.73 Å². The van der Waals surface area contributed by atoms with E-state index >= 15 is 0 Å². The van der Waals surface area contributed by atoms with E-state index in [1.54, 1.807) is 11.8 Å². The van der Waals surface area contributed by atoms with E-state index < -0.39 is 11.6 Å². The Morgan fingerprint density at radius 2 is 1.92 bits per heavy atom. The number of aromatic nitrogens is 1. The van der Waals surface area contributed by atoms with Crippen molar-refractivity contribution in [3.63, 3.8) is 0 Å². The van der Waals surface area contributed by atoms with Gasteiger partial charge in [0.1, 0.15) is 11.6 Å². The molecule has 0 saturated carbocycles. The molecule has 1 heterocycles. The van der Waals surface area contributed by atoms with Crippen molar-refractivity contribution in [1.82, 2.24) is 4.98 Å². The van der Waals surface area contributed by atoms with Crippen LogP contribution in [-0.2, 0) is 6.42 Å². The largest absolute Gasteiger partial charge is 0.352 e. The molecule has 24 heavy (non-hydrogen) atoms. The molecule has 0 radical (unpaired) electrons. The van der Waals surface area contributed by atoms with Gasteiger partial charge in [0, 0.05) is 21.9 Å². The molecule has 0 atom stereocenters. The van der Waals surface area contributed by atoms with Crippen molar-refractivity contribution in [3.05, 3.63) is 53.6 Å². The van der Waals surface area contributed by atoms with Gasteiger partial charge in [-0.1, -0.05) is 18.2 Å². The summed E-state index contributed by atoms with van der Waals surface area (Å²) in [5.41, 5.74) is 8.80. The van der Waals surface area contributed by atoms with Gasteiger partial charge in [0.2, 0.25) is 0 Å². The van der Waals surface area contributed by atoms with Gasteiger partial charge < -0.3 is 10.7 Å². The molecule has 0 fully saturated rings. The van der Waals surface area contributed by atoms with Crippen LogP contribution in [0.15, 0.2) is 41.3 Å². The number of aryl methyl sites for hydroxylation is 1. The topological polar surface area (TPSA) is 41.8 Å². The molecule has 5 heteroatoms. The maximum Gasteiger partial charge on any atom is 0.150 e. The van der Waals surface area contributed by atoms with Gasteiger partial charge in [0.15, 0.2) is 0 Å². The first-order valence-electron chi connectivity index (χ1n) is 7.98. The Hall–Kier alpha value is -1.85. The number of halogens is 2. The second kappa shape index (κ2) is 7.36. The van der Waals surface area contributed by atoms with Crippen molar-refractivity contribution in [2.75, 3.05) is 12.8 Å². The molecule has 0 aliphatic heterocycles. The first-order chi connectivity index (χ1) is 11.7. The molecule has 3 rings (SSSR count). The fraction of sp³-hybridized carbons (Fsp3) is 0.263. The van der Waals surface area contributed by atoms with Crippen LogP contribution in [0.2, 0.25) is 0 Å². The Morgan fingerprint density at radius 3 is 2.67 bits per heavy atom. The molecule has 0 amide bonds. The van der Waals surface area contributed by atoms with E-state index in [9.17, 15) is 8.78 Å². The summed E-state index contributed by atoms with van der Waals surface area (Å²) in [6.45, 7) is 0.613. The smallest absolute Gasteiger partial charge is 0.150 e. The lowest BCUT2D eigenvalue weighted by molar-refractivity contribution is 0.591. The Balaban J connectivity index is 2.22. The van der Waals surface area contributed by atoms with Gasteiger partial charge in [-0.3, -0.25) is 0 Å². The number of nitrogens with one attached hydrogen (secondary N) is 1. The summed E-state index contributed by atoms with van der Waals surface area (Å²) in [7, 11) is 0. The average Bonchev–Trinajstić information content (AvgIpc) is 2.94. The van der Waals surface area contributed by atoms with Crippen LogP contribution in [0.4, 0.5) is 8.78 Å². The summed E-state index contributed by atoms with van der Waals surface area (Å²) in [5, 5.41) is 0.621. The zero-order valence-corrected chi connectivity index (χ0v) is 14.4. The lowest BCUT2D eigenvalue weighted by Gasteiger charge is -2.09. The van der Waals surface area contributed by atoms with Gasteiger partial charge in [-0.15, -0.1) is 11.8 Å². The van der Waals surface area contributed by atoms with Gasteiger partial charge in [0.05, 0.1) is 11.2 Å². The SMILES string of the molecule is CSc1ccccc1-c1[nH]c2c(F)cc(F)cc2c1CCCCN. The van der Waals surface area contributed by atoms with Crippen molar-refractivity contribution in [2.45, 2.75) is 24.2 Å². The zero-order valence-electron chi connectivity index (χ0n) is 13.5. The van der Waals surface area contributed by atoms with Gasteiger partial charge in [-0.05, 0) is 49.8 Å². The van der Waals surface area contributed by atoms with Crippen LogP contribution in [-0.4, -0.2) is 17.8 Å². The summed E-state index contributed by atoms with van der Waals surface area (Å²) in [5.74, 6) is -1.11. The maximum atomic E-state index is 14.2. The van der Waals surface area contributed by atoms with Crippen molar-refractivity contribution in [2.24, 2.45) is 5.73 Å². The Morgan fingerprint density at radius 1 is 1.12 bits per heavy atom. The zero-order chi connectivity index (χ0) is 17.1. The lowest BCUT2D eigenvalue weighted by atomic mass is 10.00. The first-order valence-corrected chi connectivity index (χ1v) is 9.21. The third-order valence-electron chi connectivity index (χ3n) is 4.19. The van der Waals surface area contributed by atoms with E-state index in [-0.39, 0.29) is 0 Å². The Labute approximate surface area is 144 Å². The standard InChI is InChI=1S/C19H20F2N2S/c1-24-17-8-3-2-7-14(17)18-13(6-4-5-9-22)15-10-12(20)11-16(21)19(15)23-18/h2-3,7-8,10-11,23H,4-6,9,22H2,1H3. The number of rotatable bonds is 6. The number of hydrogen-bond donors (Lipinski definition) is 2. The molecule has 126 valence electrons. The van der Waals surface area contributed by atoms with Crippen LogP contribution < -0.4 is 5.73 Å². The van der Waals surface area contributed by atoms with Gasteiger partial charge in [-0.25, -0.2) is 8.78 Å². The number of hydrogen-bond acceptors (Lipinski definition) is 2. The predicted molar refractivity (Wildman–Crippen MR) is 97.4 cm³/mol. The fourth-order valence-electron chi connectivity index (χ4n) is 3.06. The normalized spacial score (nSPS) is 11.3. The molecule has 0 bridgehead atoms. The summed E-state index contributed by atoms with van der Waals surface area (Å²) in [6, 6.07) is 10.3. The molecule has 0 saturated heterocycles. The average molecular weight is 346 g/mol. The first kappa shape index (κ1) is 17.0. The second-order valence-electron chi connectivity index (χ2n) is 5.73. The third kappa shape index (κ3) is 3.19. The molecular weight excluding hydrogens is 326 g/mol. The Kier molecular flexibility index (Phi) is 5.21. The van der Waals surface area contributed by atoms with Crippen LogP contribution >= 0.6 is 11.8 Å². The number of nitrogens with two attached hydrogens (primary N) is 1. The minimum absolute atomic E-state index is 0.366. The molecule has 2 aromatic carbocycles. The molecule has 0 unspecified atom stereocenters. The van der Waals surface area contributed by atoms with E-state index in [0.29, 0.717) is 17.4 Å². The van der Waals surface area contributed by atoms with E-state index in [2.05, 4.69) is 4.98 Å². The quantitative estimate of drug-likeness (QED) is 0.481. The third-order valence-corrected chi connectivity index (χ3v) is 4.98. The molecule has 2 nitrogen and oxygen atoms in total. The number of thioether (sulfide) groups is 1. The molecule has 0 aliphatic carbocycles. The summed E-state index contributed by atoms with van der Waals surface area (Å²) in [4.78, 5) is 4.29. The molecule has 0 aliphatic rings. The van der Waals surface area contributed by atoms with Crippen molar-refractivity contribution < 1.29 is 8.78 Å². The summed E-state index contributed by atoms with van der Waals surface area (Å²) < 4.78 is 28.0. The van der Waals surface area contributed by atoms with Crippen LogP contribution in [0.5, 0.6) is 0 Å². The highest BCUT2D eigenvalue weighted by Crippen LogP contribution is 2.37. The number of benzene rings is 2. The van der Waals surface area contributed by atoms with Crippen LogP contribution in [0, 0.1) is 11.6 Å². The monoisotopic (exact) mass is 346 g/mol.